The van der Waals surface area contributed by atoms with Crippen molar-refractivity contribution in [1.29, 1.82) is 0 Å². The molecule has 0 bridgehead atoms. The average molecular weight is 315 g/mol. The first-order chi connectivity index (χ1) is 9.38. The number of hydrogen-bond donors (Lipinski definition) is 2. The van der Waals surface area contributed by atoms with Crippen molar-refractivity contribution in [1.82, 2.24) is 0 Å². The summed E-state index contributed by atoms with van der Waals surface area (Å²) < 4.78 is 18.5. The second kappa shape index (κ2) is 5.56. The Labute approximate surface area is 124 Å². The minimum atomic E-state index is -0.748. The highest BCUT2D eigenvalue weighted by atomic mass is 35.5. The molecule has 0 saturated heterocycles. The van der Waals surface area contributed by atoms with Crippen LogP contribution in [0.15, 0.2) is 30.3 Å². The molecule has 2 aromatic carbocycles. The Kier molecular flexibility index (Phi) is 4.01. The molecule has 0 aromatic heterocycles. The fourth-order valence-corrected chi connectivity index (χ4v) is 2.00. The molecule has 4 N–H and O–H groups in total. The number of halogens is 3. The molecular weight excluding hydrogens is 306 g/mol. The van der Waals surface area contributed by atoms with Crippen molar-refractivity contribution in [2.45, 2.75) is 0 Å². The van der Waals surface area contributed by atoms with Gasteiger partial charge in [0.2, 0.25) is 0 Å². The lowest BCUT2D eigenvalue weighted by atomic mass is 10.1. The van der Waals surface area contributed by atoms with E-state index in [1.165, 1.54) is 24.3 Å². The van der Waals surface area contributed by atoms with E-state index in [1.54, 1.807) is 0 Å². The number of carbonyl (C=O) groups is 1. The van der Waals surface area contributed by atoms with Gasteiger partial charge in [-0.25, -0.2) is 4.39 Å². The van der Waals surface area contributed by atoms with Crippen LogP contribution in [0.25, 0.3) is 0 Å². The van der Waals surface area contributed by atoms with Crippen LogP contribution in [0.1, 0.15) is 10.4 Å². The van der Waals surface area contributed by atoms with Gasteiger partial charge >= 0.3 is 0 Å². The SMILES string of the molecule is NC(=O)c1cc(N)cc(Cl)c1Oc1ccc(F)c(Cl)c1. The number of rotatable bonds is 3. The average Bonchev–Trinajstić information content (AvgIpc) is 2.36. The number of anilines is 1. The minimum absolute atomic E-state index is 0.0236. The van der Waals surface area contributed by atoms with E-state index in [4.69, 9.17) is 39.4 Å². The Morgan fingerprint density at radius 3 is 2.45 bits per heavy atom. The van der Waals surface area contributed by atoms with Crippen LogP contribution in [0.4, 0.5) is 10.1 Å². The number of ether oxygens (including phenoxy) is 1. The quantitative estimate of drug-likeness (QED) is 0.849. The molecule has 0 atom stereocenters. The van der Waals surface area contributed by atoms with Gasteiger partial charge in [-0.3, -0.25) is 4.79 Å². The van der Waals surface area contributed by atoms with Crippen LogP contribution in [-0.4, -0.2) is 5.91 Å². The van der Waals surface area contributed by atoms with Crippen molar-refractivity contribution in [2.24, 2.45) is 5.73 Å². The molecule has 0 aliphatic heterocycles. The standard InChI is InChI=1S/C13H9Cl2FN2O2/c14-9-5-7(1-2-11(9)16)20-12-8(13(18)19)3-6(17)4-10(12)15/h1-5H,17H2,(H2,18,19). The summed E-state index contributed by atoms with van der Waals surface area (Å²) in [6.07, 6.45) is 0. The van der Waals surface area contributed by atoms with E-state index >= 15 is 0 Å². The van der Waals surface area contributed by atoms with Crippen molar-refractivity contribution in [3.63, 3.8) is 0 Å². The monoisotopic (exact) mass is 314 g/mol. The van der Waals surface area contributed by atoms with E-state index in [0.717, 1.165) is 6.07 Å². The Morgan fingerprint density at radius 1 is 1.15 bits per heavy atom. The minimum Gasteiger partial charge on any atom is -0.455 e. The van der Waals surface area contributed by atoms with Crippen LogP contribution < -0.4 is 16.2 Å². The van der Waals surface area contributed by atoms with Crippen LogP contribution in [0.3, 0.4) is 0 Å². The van der Waals surface area contributed by atoms with Crippen LogP contribution in [0, 0.1) is 5.82 Å². The van der Waals surface area contributed by atoms with Gasteiger partial charge in [-0.15, -0.1) is 0 Å². The Hall–Kier alpha value is -1.98. The number of carbonyl (C=O) groups excluding carboxylic acids is 1. The summed E-state index contributed by atoms with van der Waals surface area (Å²) in [5.74, 6) is -1.08. The van der Waals surface area contributed by atoms with Gasteiger partial charge in [0.05, 0.1) is 15.6 Å². The smallest absolute Gasteiger partial charge is 0.252 e. The zero-order chi connectivity index (χ0) is 14.9. The molecular formula is C13H9Cl2FN2O2. The third-order valence-corrected chi connectivity index (χ3v) is 3.01. The van der Waals surface area contributed by atoms with Crippen molar-refractivity contribution < 1.29 is 13.9 Å². The molecule has 0 spiro atoms. The van der Waals surface area contributed by atoms with Crippen LogP contribution in [0.5, 0.6) is 11.5 Å². The van der Waals surface area contributed by atoms with Crippen LogP contribution in [0.2, 0.25) is 10.0 Å². The lowest BCUT2D eigenvalue weighted by Gasteiger charge is -2.12. The maximum absolute atomic E-state index is 13.1. The molecule has 0 aliphatic carbocycles. The molecule has 0 unspecified atom stereocenters. The predicted molar refractivity (Wildman–Crippen MR) is 75.9 cm³/mol. The molecule has 2 aromatic rings. The van der Waals surface area contributed by atoms with Gasteiger partial charge in [0.15, 0.2) is 5.75 Å². The maximum Gasteiger partial charge on any atom is 0.252 e. The number of nitrogens with two attached hydrogens (primary N) is 2. The molecule has 0 aliphatic rings. The number of nitrogen functional groups attached to an aromatic ring is 1. The Morgan fingerprint density at radius 2 is 1.85 bits per heavy atom. The molecule has 2 rings (SSSR count). The fourth-order valence-electron chi connectivity index (χ4n) is 1.56. The van der Waals surface area contributed by atoms with Crippen molar-refractivity contribution in [2.75, 3.05) is 5.73 Å². The summed E-state index contributed by atoms with van der Waals surface area (Å²) in [7, 11) is 0. The second-order valence-corrected chi connectivity index (χ2v) is 4.74. The molecule has 0 radical (unpaired) electrons. The highest BCUT2D eigenvalue weighted by Crippen LogP contribution is 2.35. The van der Waals surface area contributed by atoms with E-state index < -0.39 is 11.7 Å². The molecule has 7 heteroatoms. The highest BCUT2D eigenvalue weighted by molar-refractivity contribution is 6.33. The van der Waals surface area contributed by atoms with Crippen LogP contribution in [-0.2, 0) is 0 Å². The first-order valence-corrected chi connectivity index (χ1v) is 6.16. The number of amides is 1. The normalized spacial score (nSPS) is 10.3. The largest absolute Gasteiger partial charge is 0.455 e. The van der Waals surface area contributed by atoms with Gasteiger partial charge in [-0.2, -0.15) is 0 Å². The third kappa shape index (κ3) is 2.95. The van der Waals surface area contributed by atoms with E-state index in [2.05, 4.69) is 0 Å². The third-order valence-electron chi connectivity index (χ3n) is 2.44. The van der Waals surface area contributed by atoms with E-state index in [0.29, 0.717) is 0 Å². The van der Waals surface area contributed by atoms with Gasteiger partial charge < -0.3 is 16.2 Å². The molecule has 0 fully saturated rings. The molecule has 104 valence electrons. The van der Waals surface area contributed by atoms with Crippen molar-refractivity contribution >= 4 is 34.8 Å². The second-order valence-electron chi connectivity index (χ2n) is 3.92. The predicted octanol–water partition coefficient (Wildman–Crippen LogP) is 3.61. The summed E-state index contributed by atoms with van der Waals surface area (Å²) in [5, 5.41) is -0.00561. The van der Waals surface area contributed by atoms with Gasteiger partial charge in [0.25, 0.3) is 5.91 Å². The molecule has 0 heterocycles. The summed E-state index contributed by atoms with van der Waals surface area (Å²) in [6.45, 7) is 0. The van der Waals surface area contributed by atoms with E-state index in [1.807, 2.05) is 0 Å². The summed E-state index contributed by atoms with van der Waals surface area (Å²) in [5.41, 5.74) is 11.1. The molecule has 20 heavy (non-hydrogen) atoms. The van der Waals surface area contributed by atoms with E-state index in [-0.39, 0.29) is 32.8 Å². The maximum atomic E-state index is 13.1. The Bertz CT molecular complexity index is 692. The molecule has 4 nitrogen and oxygen atoms in total. The highest BCUT2D eigenvalue weighted by Gasteiger charge is 2.16. The zero-order valence-electron chi connectivity index (χ0n) is 9.99. The lowest BCUT2D eigenvalue weighted by Crippen LogP contribution is -2.13. The summed E-state index contributed by atoms with van der Waals surface area (Å²) in [6, 6.07) is 6.49. The topological polar surface area (TPSA) is 78.3 Å². The van der Waals surface area contributed by atoms with Crippen molar-refractivity contribution in [3.8, 4) is 11.5 Å². The first kappa shape index (κ1) is 14.4. The van der Waals surface area contributed by atoms with Gasteiger partial charge in [0.1, 0.15) is 11.6 Å². The number of primary amides is 1. The summed E-state index contributed by atoms with van der Waals surface area (Å²) >= 11 is 11.6. The fraction of sp³-hybridized carbons (Fsp3) is 0. The summed E-state index contributed by atoms with van der Waals surface area (Å²) in [4.78, 5) is 11.4. The van der Waals surface area contributed by atoms with Gasteiger partial charge in [-0.05, 0) is 24.3 Å². The molecule has 1 amide bonds. The van der Waals surface area contributed by atoms with Gasteiger partial charge in [-0.1, -0.05) is 23.2 Å². The van der Waals surface area contributed by atoms with Crippen LogP contribution >= 0.6 is 23.2 Å². The zero-order valence-corrected chi connectivity index (χ0v) is 11.5. The van der Waals surface area contributed by atoms with E-state index in [9.17, 15) is 9.18 Å². The molecule has 0 saturated carbocycles. The van der Waals surface area contributed by atoms with Crippen molar-refractivity contribution in [3.05, 3.63) is 51.8 Å². The Balaban J connectivity index is 2.47. The first-order valence-electron chi connectivity index (χ1n) is 5.40. The number of hydrogen-bond acceptors (Lipinski definition) is 3. The number of benzene rings is 2. The van der Waals surface area contributed by atoms with Gasteiger partial charge in [0, 0.05) is 11.8 Å². The lowest BCUT2D eigenvalue weighted by molar-refractivity contribution is 0.0998.